The number of halogens is 1. The molecule has 0 saturated carbocycles. The molecule has 0 aromatic heterocycles. The molecular formula is C11H12BrNO4. The number of amides is 1. The zero-order valence-electron chi connectivity index (χ0n) is 8.89. The van der Waals surface area contributed by atoms with E-state index in [4.69, 9.17) is 10.2 Å². The van der Waals surface area contributed by atoms with Crippen LogP contribution < -0.4 is 5.32 Å². The molecule has 0 saturated heterocycles. The standard InChI is InChI=1S/C11H12BrNO4/c12-8-3-1-2-7(4-8)5-10(15)13-6-9(14)11(16)17/h1-4,9,14H,5-6H2,(H,13,15)(H,16,17). The van der Waals surface area contributed by atoms with Crippen molar-refractivity contribution in [2.24, 2.45) is 0 Å². The van der Waals surface area contributed by atoms with Crippen molar-refractivity contribution < 1.29 is 19.8 Å². The quantitative estimate of drug-likeness (QED) is 0.741. The van der Waals surface area contributed by atoms with E-state index in [0.29, 0.717) is 0 Å². The molecule has 3 N–H and O–H groups in total. The van der Waals surface area contributed by atoms with Gasteiger partial charge in [0.2, 0.25) is 5.91 Å². The Balaban J connectivity index is 2.42. The number of aliphatic hydroxyl groups excluding tert-OH is 1. The van der Waals surface area contributed by atoms with Crippen molar-refractivity contribution >= 4 is 27.8 Å². The van der Waals surface area contributed by atoms with E-state index in [2.05, 4.69) is 21.2 Å². The summed E-state index contributed by atoms with van der Waals surface area (Å²) in [7, 11) is 0. The predicted octanol–water partition coefficient (Wildman–Crippen LogP) is 0.553. The fraction of sp³-hybridized carbons (Fsp3) is 0.273. The number of aliphatic carboxylic acids is 1. The highest BCUT2D eigenvalue weighted by atomic mass is 79.9. The van der Waals surface area contributed by atoms with Crippen LogP contribution in [0.1, 0.15) is 5.56 Å². The Hall–Kier alpha value is -1.40. The molecule has 1 aromatic carbocycles. The maximum atomic E-state index is 11.4. The van der Waals surface area contributed by atoms with E-state index in [1.807, 2.05) is 6.07 Å². The van der Waals surface area contributed by atoms with Crippen molar-refractivity contribution in [3.05, 3.63) is 34.3 Å². The Kier molecular flexibility index (Phi) is 5.11. The molecule has 17 heavy (non-hydrogen) atoms. The van der Waals surface area contributed by atoms with E-state index in [0.717, 1.165) is 10.0 Å². The topological polar surface area (TPSA) is 86.6 Å². The second-order valence-corrected chi connectivity index (χ2v) is 4.38. The van der Waals surface area contributed by atoms with E-state index in [-0.39, 0.29) is 18.9 Å². The fourth-order valence-electron chi connectivity index (χ4n) is 1.19. The van der Waals surface area contributed by atoms with Crippen LogP contribution in [0.4, 0.5) is 0 Å². The minimum Gasteiger partial charge on any atom is -0.479 e. The number of carboxylic acid groups (broad SMARTS) is 1. The van der Waals surface area contributed by atoms with Gasteiger partial charge in [0, 0.05) is 4.47 Å². The lowest BCUT2D eigenvalue weighted by atomic mass is 10.1. The molecule has 0 heterocycles. The summed E-state index contributed by atoms with van der Waals surface area (Å²) in [6.45, 7) is -0.290. The van der Waals surface area contributed by atoms with Crippen molar-refractivity contribution in [1.82, 2.24) is 5.32 Å². The van der Waals surface area contributed by atoms with Gasteiger partial charge in [0.15, 0.2) is 6.10 Å². The van der Waals surface area contributed by atoms with Crippen LogP contribution in [0.3, 0.4) is 0 Å². The van der Waals surface area contributed by atoms with Gasteiger partial charge in [-0.3, -0.25) is 4.79 Å². The number of carbonyl (C=O) groups is 2. The largest absolute Gasteiger partial charge is 0.479 e. The molecule has 0 spiro atoms. The van der Waals surface area contributed by atoms with Crippen LogP contribution in [0.25, 0.3) is 0 Å². The highest BCUT2D eigenvalue weighted by Crippen LogP contribution is 2.11. The van der Waals surface area contributed by atoms with E-state index >= 15 is 0 Å². The first-order valence-electron chi connectivity index (χ1n) is 4.91. The van der Waals surface area contributed by atoms with Gasteiger partial charge in [-0.2, -0.15) is 0 Å². The fourth-order valence-corrected chi connectivity index (χ4v) is 1.64. The van der Waals surface area contributed by atoms with E-state index in [9.17, 15) is 9.59 Å². The number of benzene rings is 1. The van der Waals surface area contributed by atoms with Crippen LogP contribution in [0.5, 0.6) is 0 Å². The molecule has 0 fully saturated rings. The van der Waals surface area contributed by atoms with E-state index in [1.54, 1.807) is 18.2 Å². The monoisotopic (exact) mass is 301 g/mol. The average Bonchev–Trinajstić information content (AvgIpc) is 2.25. The summed E-state index contributed by atoms with van der Waals surface area (Å²) in [6, 6.07) is 7.24. The van der Waals surface area contributed by atoms with E-state index in [1.165, 1.54) is 0 Å². The highest BCUT2D eigenvalue weighted by molar-refractivity contribution is 9.10. The molecule has 92 valence electrons. The van der Waals surface area contributed by atoms with Crippen LogP contribution in [0.15, 0.2) is 28.7 Å². The van der Waals surface area contributed by atoms with Crippen molar-refractivity contribution in [1.29, 1.82) is 0 Å². The second-order valence-electron chi connectivity index (χ2n) is 3.46. The maximum Gasteiger partial charge on any atom is 0.334 e. The van der Waals surface area contributed by atoms with Crippen molar-refractivity contribution in [2.75, 3.05) is 6.54 Å². The highest BCUT2D eigenvalue weighted by Gasteiger charge is 2.14. The Morgan fingerprint density at radius 1 is 1.41 bits per heavy atom. The summed E-state index contributed by atoms with van der Waals surface area (Å²) < 4.78 is 0.869. The number of carboxylic acids is 1. The molecule has 1 atom stereocenters. The Morgan fingerprint density at radius 3 is 2.71 bits per heavy atom. The Morgan fingerprint density at radius 2 is 2.12 bits per heavy atom. The first-order chi connectivity index (χ1) is 7.99. The smallest absolute Gasteiger partial charge is 0.334 e. The van der Waals surface area contributed by atoms with Crippen molar-refractivity contribution in [2.45, 2.75) is 12.5 Å². The van der Waals surface area contributed by atoms with Gasteiger partial charge < -0.3 is 15.5 Å². The van der Waals surface area contributed by atoms with Crippen molar-refractivity contribution in [3.8, 4) is 0 Å². The molecule has 1 unspecified atom stereocenters. The summed E-state index contributed by atoms with van der Waals surface area (Å²) in [5.74, 6) is -1.68. The molecule has 0 aliphatic rings. The summed E-state index contributed by atoms with van der Waals surface area (Å²) in [4.78, 5) is 21.7. The van der Waals surface area contributed by atoms with Crippen LogP contribution in [0, 0.1) is 0 Å². The van der Waals surface area contributed by atoms with Crippen LogP contribution in [-0.2, 0) is 16.0 Å². The molecule has 0 aliphatic carbocycles. The lowest BCUT2D eigenvalue weighted by Crippen LogP contribution is -2.37. The van der Waals surface area contributed by atoms with Gasteiger partial charge in [-0.25, -0.2) is 4.79 Å². The van der Waals surface area contributed by atoms with Gasteiger partial charge in [0.25, 0.3) is 0 Å². The number of carbonyl (C=O) groups excluding carboxylic acids is 1. The van der Waals surface area contributed by atoms with Gasteiger partial charge >= 0.3 is 5.97 Å². The SMILES string of the molecule is O=C(Cc1cccc(Br)c1)NCC(O)C(=O)O. The second kappa shape index (κ2) is 6.36. The Bertz CT molecular complexity index is 422. The number of hydrogen-bond donors (Lipinski definition) is 3. The lowest BCUT2D eigenvalue weighted by Gasteiger charge is -2.07. The molecule has 5 nitrogen and oxygen atoms in total. The zero-order valence-corrected chi connectivity index (χ0v) is 10.5. The van der Waals surface area contributed by atoms with Gasteiger partial charge in [-0.05, 0) is 17.7 Å². The summed E-state index contributed by atoms with van der Waals surface area (Å²) in [5.41, 5.74) is 0.807. The number of rotatable bonds is 5. The van der Waals surface area contributed by atoms with Gasteiger partial charge in [-0.1, -0.05) is 28.1 Å². The maximum absolute atomic E-state index is 11.4. The van der Waals surface area contributed by atoms with Gasteiger partial charge in [-0.15, -0.1) is 0 Å². The number of nitrogens with one attached hydrogen (secondary N) is 1. The molecule has 0 bridgehead atoms. The summed E-state index contributed by atoms with van der Waals surface area (Å²) in [5, 5.41) is 19.7. The molecule has 1 rings (SSSR count). The minimum absolute atomic E-state index is 0.145. The third kappa shape index (κ3) is 4.97. The predicted molar refractivity (Wildman–Crippen MR) is 64.5 cm³/mol. The zero-order chi connectivity index (χ0) is 12.8. The molecule has 6 heteroatoms. The van der Waals surface area contributed by atoms with Gasteiger partial charge in [0.1, 0.15) is 0 Å². The third-order valence-corrected chi connectivity index (χ3v) is 2.52. The van der Waals surface area contributed by atoms with Crippen molar-refractivity contribution in [3.63, 3.8) is 0 Å². The molecular weight excluding hydrogens is 290 g/mol. The normalized spacial score (nSPS) is 11.9. The molecule has 1 amide bonds. The van der Waals surface area contributed by atoms with Crippen LogP contribution >= 0.6 is 15.9 Å². The van der Waals surface area contributed by atoms with E-state index < -0.39 is 12.1 Å². The average molecular weight is 302 g/mol. The number of hydrogen-bond acceptors (Lipinski definition) is 3. The van der Waals surface area contributed by atoms with Gasteiger partial charge in [0.05, 0.1) is 13.0 Å². The third-order valence-electron chi connectivity index (χ3n) is 2.03. The molecule has 0 aliphatic heterocycles. The van der Waals surface area contributed by atoms with Crippen LogP contribution in [0.2, 0.25) is 0 Å². The first-order valence-corrected chi connectivity index (χ1v) is 5.70. The summed E-state index contributed by atoms with van der Waals surface area (Å²) in [6.07, 6.45) is -1.42. The lowest BCUT2D eigenvalue weighted by molar-refractivity contribution is -0.146. The molecule has 1 aromatic rings. The first kappa shape index (κ1) is 13.7. The minimum atomic E-state index is -1.57. The molecule has 0 radical (unpaired) electrons. The Labute approximate surface area is 107 Å². The number of aliphatic hydroxyl groups is 1. The summed E-state index contributed by atoms with van der Waals surface area (Å²) >= 11 is 3.28. The van der Waals surface area contributed by atoms with Crippen LogP contribution in [-0.4, -0.2) is 34.7 Å².